The molecule has 1 atom stereocenters. The Morgan fingerprint density at radius 3 is 2.50 bits per heavy atom. The van der Waals surface area contributed by atoms with Gasteiger partial charge < -0.3 is 29.6 Å². The summed E-state index contributed by atoms with van der Waals surface area (Å²) in [5.74, 6) is 1.13. The topological polar surface area (TPSA) is 93.0 Å². The van der Waals surface area contributed by atoms with Crippen molar-refractivity contribution in [3.63, 3.8) is 0 Å². The first-order valence-corrected chi connectivity index (χ1v) is 6.60. The van der Waals surface area contributed by atoms with Crippen LogP contribution in [0.4, 0.5) is 10.5 Å². The Morgan fingerprint density at radius 2 is 1.95 bits per heavy atom. The Bertz CT molecular complexity index is 590. The molecule has 22 heavy (non-hydrogen) atoms. The van der Waals surface area contributed by atoms with Crippen LogP contribution in [0, 0.1) is 0 Å². The number of nitrogens with one attached hydrogen (secondary N) is 2. The Hall–Kier alpha value is -2.67. The van der Waals surface area contributed by atoms with Gasteiger partial charge in [0.05, 0.1) is 32.8 Å². The van der Waals surface area contributed by atoms with Gasteiger partial charge in [0.25, 0.3) is 0 Å². The third-order valence-electron chi connectivity index (χ3n) is 2.99. The maximum absolute atomic E-state index is 11.8. The molecule has 0 aliphatic rings. The Balaban J connectivity index is 1.91. The number of aliphatic hydroxyl groups excluding tert-OH is 1. The van der Waals surface area contributed by atoms with Crippen LogP contribution >= 0.6 is 0 Å². The first-order valence-electron chi connectivity index (χ1n) is 6.60. The normalized spacial score (nSPS) is 11.6. The number of benzene rings is 1. The molecule has 2 aromatic rings. The molecule has 7 nitrogen and oxygen atoms in total. The zero-order chi connectivity index (χ0) is 15.9. The summed E-state index contributed by atoms with van der Waals surface area (Å²) >= 11 is 0. The van der Waals surface area contributed by atoms with Gasteiger partial charge in [0.1, 0.15) is 11.5 Å². The zero-order valence-corrected chi connectivity index (χ0v) is 12.3. The van der Waals surface area contributed by atoms with Gasteiger partial charge in [-0.25, -0.2) is 4.79 Å². The van der Waals surface area contributed by atoms with Crippen LogP contribution in [-0.2, 0) is 0 Å². The molecule has 0 saturated carbocycles. The lowest BCUT2D eigenvalue weighted by molar-refractivity contribution is 0.174. The summed E-state index contributed by atoms with van der Waals surface area (Å²) in [6.07, 6.45) is 2.06. The smallest absolute Gasteiger partial charge is 0.319 e. The lowest BCUT2D eigenvalue weighted by atomic mass is 10.2. The van der Waals surface area contributed by atoms with Crippen LogP contribution in [0.15, 0.2) is 41.2 Å². The highest BCUT2D eigenvalue weighted by Crippen LogP contribution is 2.25. The lowest BCUT2D eigenvalue weighted by Crippen LogP contribution is -2.32. The lowest BCUT2D eigenvalue weighted by Gasteiger charge is -2.12. The fraction of sp³-hybridized carbons (Fsp3) is 0.267. The summed E-state index contributed by atoms with van der Waals surface area (Å²) in [6.45, 7) is 0.0620. The highest BCUT2D eigenvalue weighted by Gasteiger charge is 2.11. The molecule has 3 N–H and O–H groups in total. The highest BCUT2D eigenvalue weighted by atomic mass is 16.5. The number of methoxy groups -OCH3 is 2. The maximum atomic E-state index is 11.8. The van der Waals surface area contributed by atoms with Crippen LogP contribution in [0.2, 0.25) is 0 Å². The van der Waals surface area contributed by atoms with Crippen LogP contribution in [0.25, 0.3) is 0 Å². The average Bonchev–Trinajstić information content (AvgIpc) is 3.06. The van der Waals surface area contributed by atoms with E-state index in [1.54, 1.807) is 24.3 Å². The molecule has 1 aromatic carbocycles. The first kappa shape index (κ1) is 15.7. The largest absolute Gasteiger partial charge is 0.497 e. The number of urea groups is 1. The first-order chi connectivity index (χ1) is 10.6. The molecule has 1 aromatic heterocycles. The van der Waals surface area contributed by atoms with Gasteiger partial charge in [-0.1, -0.05) is 0 Å². The summed E-state index contributed by atoms with van der Waals surface area (Å²) in [7, 11) is 3.06. The average molecular weight is 306 g/mol. The van der Waals surface area contributed by atoms with Gasteiger partial charge in [0.2, 0.25) is 0 Å². The molecule has 0 radical (unpaired) electrons. The monoisotopic (exact) mass is 306 g/mol. The molecule has 0 fully saturated rings. The third kappa shape index (κ3) is 4.16. The van der Waals surface area contributed by atoms with Gasteiger partial charge in [0, 0.05) is 36.0 Å². The SMILES string of the molecule is COc1cc(NC(=O)NCC(O)c2ccoc2)cc(OC)c1. The van der Waals surface area contributed by atoms with Gasteiger partial charge in [-0.05, 0) is 6.07 Å². The van der Waals surface area contributed by atoms with Gasteiger partial charge in [-0.15, -0.1) is 0 Å². The minimum Gasteiger partial charge on any atom is -0.497 e. The Labute approximate surface area is 127 Å². The predicted molar refractivity (Wildman–Crippen MR) is 80.2 cm³/mol. The molecule has 0 saturated heterocycles. The van der Waals surface area contributed by atoms with Crippen LogP contribution in [-0.4, -0.2) is 31.9 Å². The molecule has 0 aliphatic carbocycles. The van der Waals surface area contributed by atoms with Crippen molar-refractivity contribution in [2.45, 2.75) is 6.10 Å². The number of anilines is 1. The quantitative estimate of drug-likeness (QED) is 0.760. The van der Waals surface area contributed by atoms with Crippen molar-refractivity contribution in [2.75, 3.05) is 26.1 Å². The Morgan fingerprint density at radius 1 is 1.27 bits per heavy atom. The fourth-order valence-electron chi connectivity index (χ4n) is 1.83. The number of amides is 2. The van der Waals surface area contributed by atoms with E-state index in [0.717, 1.165) is 0 Å². The van der Waals surface area contributed by atoms with Crippen LogP contribution in [0.1, 0.15) is 11.7 Å². The van der Waals surface area contributed by atoms with Crippen molar-refractivity contribution in [3.05, 3.63) is 42.4 Å². The summed E-state index contributed by atoms with van der Waals surface area (Å²) in [5.41, 5.74) is 1.12. The molecule has 1 heterocycles. The summed E-state index contributed by atoms with van der Waals surface area (Å²) < 4.78 is 15.1. The molecule has 0 spiro atoms. The summed E-state index contributed by atoms with van der Waals surface area (Å²) in [4.78, 5) is 11.8. The third-order valence-corrected chi connectivity index (χ3v) is 2.99. The van der Waals surface area contributed by atoms with Crippen molar-refractivity contribution in [3.8, 4) is 11.5 Å². The van der Waals surface area contributed by atoms with Crippen LogP contribution in [0.3, 0.4) is 0 Å². The standard InChI is InChI=1S/C15H18N2O5/c1-20-12-5-11(6-13(7-12)21-2)17-15(19)16-8-14(18)10-3-4-22-9-10/h3-7,9,14,18H,8H2,1-2H3,(H2,16,17,19). The maximum Gasteiger partial charge on any atom is 0.319 e. The van der Waals surface area contributed by atoms with Crippen molar-refractivity contribution in [2.24, 2.45) is 0 Å². The minimum absolute atomic E-state index is 0.0620. The summed E-state index contributed by atoms with van der Waals surface area (Å²) in [5, 5.41) is 15.1. The van der Waals surface area contributed by atoms with E-state index >= 15 is 0 Å². The molecule has 1 unspecified atom stereocenters. The predicted octanol–water partition coefficient (Wildman–Crippen LogP) is 2.15. The number of aliphatic hydroxyl groups is 1. The van der Waals surface area contributed by atoms with E-state index in [9.17, 15) is 9.90 Å². The number of furan rings is 1. The molecule has 2 amide bonds. The number of ether oxygens (including phenoxy) is 2. The van der Waals surface area contributed by atoms with E-state index in [2.05, 4.69) is 10.6 Å². The van der Waals surface area contributed by atoms with Gasteiger partial charge >= 0.3 is 6.03 Å². The zero-order valence-electron chi connectivity index (χ0n) is 12.3. The van der Waals surface area contributed by atoms with E-state index in [4.69, 9.17) is 13.9 Å². The van der Waals surface area contributed by atoms with Crippen molar-refractivity contribution in [1.29, 1.82) is 0 Å². The van der Waals surface area contributed by atoms with E-state index < -0.39 is 12.1 Å². The fourth-order valence-corrected chi connectivity index (χ4v) is 1.83. The second-order valence-corrected chi connectivity index (χ2v) is 4.51. The molecule has 0 bridgehead atoms. The molecule has 118 valence electrons. The molecule has 2 rings (SSSR count). The molecular weight excluding hydrogens is 288 g/mol. The number of rotatable bonds is 6. The second kappa shape index (κ2) is 7.37. The number of carbonyl (C=O) groups is 1. The van der Waals surface area contributed by atoms with Crippen molar-refractivity contribution >= 4 is 11.7 Å². The molecule has 0 aliphatic heterocycles. The van der Waals surface area contributed by atoms with E-state index in [1.165, 1.54) is 26.7 Å². The van der Waals surface area contributed by atoms with Gasteiger partial charge in [-0.3, -0.25) is 0 Å². The number of hydrogen-bond donors (Lipinski definition) is 3. The Kier molecular flexibility index (Phi) is 5.26. The van der Waals surface area contributed by atoms with E-state index in [-0.39, 0.29) is 6.54 Å². The van der Waals surface area contributed by atoms with Gasteiger partial charge in [0.15, 0.2) is 0 Å². The highest BCUT2D eigenvalue weighted by molar-refractivity contribution is 5.89. The van der Waals surface area contributed by atoms with Crippen molar-refractivity contribution in [1.82, 2.24) is 5.32 Å². The van der Waals surface area contributed by atoms with Crippen molar-refractivity contribution < 1.29 is 23.8 Å². The van der Waals surface area contributed by atoms with Crippen LogP contribution in [0.5, 0.6) is 11.5 Å². The van der Waals surface area contributed by atoms with E-state index in [0.29, 0.717) is 22.7 Å². The molecule has 7 heteroatoms. The minimum atomic E-state index is -0.829. The number of hydrogen-bond acceptors (Lipinski definition) is 5. The number of carbonyl (C=O) groups excluding carboxylic acids is 1. The second-order valence-electron chi connectivity index (χ2n) is 4.51. The van der Waals surface area contributed by atoms with Gasteiger partial charge in [-0.2, -0.15) is 0 Å². The molecular formula is C15H18N2O5. The van der Waals surface area contributed by atoms with Crippen LogP contribution < -0.4 is 20.1 Å². The summed E-state index contributed by atoms with van der Waals surface area (Å²) in [6, 6.07) is 6.21. The van der Waals surface area contributed by atoms with E-state index in [1.807, 2.05) is 0 Å².